The van der Waals surface area contributed by atoms with Gasteiger partial charge in [-0.05, 0) is 31.4 Å². The molecule has 2 atom stereocenters. The zero-order chi connectivity index (χ0) is 31.3. The molecule has 6 rings (SSSR count). The van der Waals surface area contributed by atoms with Crippen LogP contribution in [0.2, 0.25) is 10.1 Å². The fourth-order valence-electron chi connectivity index (χ4n) is 7.41. The van der Waals surface area contributed by atoms with Gasteiger partial charge in [-0.15, -0.1) is 0 Å². The van der Waals surface area contributed by atoms with Crippen LogP contribution in [-0.2, 0) is 30.2 Å². The topological polar surface area (TPSA) is 111 Å². The van der Waals surface area contributed by atoms with Crippen LogP contribution in [0.3, 0.4) is 0 Å². The first-order chi connectivity index (χ1) is 20.1. The lowest BCUT2D eigenvalue weighted by molar-refractivity contribution is -0.311. The Morgan fingerprint density at radius 1 is 0.907 bits per heavy atom. The second-order valence-electron chi connectivity index (χ2n) is 14.0. The predicted octanol–water partition coefficient (Wildman–Crippen LogP) is 5.55. The molecule has 1 unspecified atom stereocenters. The SMILES string of the molecule is COc1c2c(c3c4c(c(OC5(C(OC)OC)OCC(=O)[C@@]56CO6)c(C)cc14)O[Si](C(C)(C)C)(C(C)(C)C)O3)C(=O)CCC2. The van der Waals surface area contributed by atoms with Crippen molar-refractivity contribution in [3.8, 4) is 23.0 Å². The Bertz CT molecular complexity index is 1510. The molecule has 43 heavy (non-hydrogen) atoms. The van der Waals surface area contributed by atoms with E-state index < -0.39 is 36.3 Å². The fourth-order valence-corrected chi connectivity index (χ4v) is 11.9. The Morgan fingerprint density at radius 2 is 1.53 bits per heavy atom. The van der Waals surface area contributed by atoms with E-state index in [1.165, 1.54) is 14.2 Å². The molecule has 0 bridgehead atoms. The first-order valence-corrected chi connectivity index (χ1v) is 16.6. The van der Waals surface area contributed by atoms with E-state index >= 15 is 0 Å². The smallest absolute Gasteiger partial charge is 0.471 e. The van der Waals surface area contributed by atoms with Gasteiger partial charge in [-0.25, -0.2) is 0 Å². The number of aryl methyl sites for hydroxylation is 1. The van der Waals surface area contributed by atoms with Gasteiger partial charge >= 0.3 is 14.3 Å². The lowest BCUT2D eigenvalue weighted by atomic mass is 9.85. The maximum absolute atomic E-state index is 13.7. The number of ether oxygens (including phenoxy) is 6. The number of hydrogen-bond acceptors (Lipinski definition) is 10. The van der Waals surface area contributed by atoms with Crippen LogP contribution in [0.25, 0.3) is 10.8 Å². The second kappa shape index (κ2) is 9.65. The molecule has 0 N–H and O–H groups in total. The number of Topliss-reactive ketones (excluding diaryl/α,β-unsaturated/α-hetero) is 2. The van der Waals surface area contributed by atoms with Gasteiger partial charge in [-0.2, -0.15) is 0 Å². The molecule has 0 radical (unpaired) electrons. The number of rotatable bonds is 6. The number of epoxide rings is 1. The molecule has 234 valence electrons. The van der Waals surface area contributed by atoms with E-state index in [9.17, 15) is 9.59 Å². The van der Waals surface area contributed by atoms with Gasteiger partial charge in [0.2, 0.25) is 11.9 Å². The highest BCUT2D eigenvalue weighted by molar-refractivity contribution is 6.75. The number of carbonyl (C=O) groups is 2. The van der Waals surface area contributed by atoms with Crippen LogP contribution in [0.5, 0.6) is 23.0 Å². The fraction of sp³-hybridized carbons (Fsp3) is 0.625. The molecule has 4 aliphatic rings. The molecule has 10 nitrogen and oxygen atoms in total. The average Bonchev–Trinajstić information content (AvgIpc) is 3.70. The number of fused-ring (bicyclic) bond motifs is 2. The van der Waals surface area contributed by atoms with Crippen molar-refractivity contribution >= 4 is 30.9 Å². The molecule has 2 aromatic rings. The van der Waals surface area contributed by atoms with Crippen LogP contribution in [-0.4, -0.2) is 72.3 Å². The molecule has 3 heterocycles. The molecule has 0 aromatic heterocycles. The summed E-state index contributed by atoms with van der Waals surface area (Å²) in [4.78, 5) is 26.8. The number of benzene rings is 2. The zero-order valence-corrected chi connectivity index (χ0v) is 27.8. The predicted molar refractivity (Wildman–Crippen MR) is 160 cm³/mol. The van der Waals surface area contributed by atoms with Gasteiger partial charge in [0.25, 0.3) is 0 Å². The summed E-state index contributed by atoms with van der Waals surface area (Å²) in [6.07, 6.45) is 0.760. The summed E-state index contributed by atoms with van der Waals surface area (Å²) in [5.74, 6) is -0.0648. The van der Waals surface area contributed by atoms with Crippen LogP contribution < -0.4 is 18.3 Å². The maximum atomic E-state index is 13.7. The van der Waals surface area contributed by atoms with Crippen molar-refractivity contribution in [2.24, 2.45) is 0 Å². The van der Waals surface area contributed by atoms with Crippen molar-refractivity contribution in [2.75, 3.05) is 34.5 Å². The summed E-state index contributed by atoms with van der Waals surface area (Å²) in [6, 6.07) is 1.95. The van der Waals surface area contributed by atoms with Crippen LogP contribution in [0.15, 0.2) is 6.07 Å². The van der Waals surface area contributed by atoms with Crippen molar-refractivity contribution in [3.63, 3.8) is 0 Å². The van der Waals surface area contributed by atoms with Crippen LogP contribution in [0.4, 0.5) is 0 Å². The minimum Gasteiger partial charge on any atom is -0.510 e. The summed E-state index contributed by atoms with van der Waals surface area (Å²) < 4.78 is 50.5. The van der Waals surface area contributed by atoms with Gasteiger partial charge in [-0.3, -0.25) is 9.59 Å². The molecule has 3 aliphatic heterocycles. The lowest BCUT2D eigenvalue weighted by Crippen LogP contribution is -2.64. The van der Waals surface area contributed by atoms with Gasteiger partial charge in [0.1, 0.15) is 18.1 Å². The number of carbonyl (C=O) groups excluding carboxylic acids is 2. The minimum atomic E-state index is -3.32. The van der Waals surface area contributed by atoms with Crippen LogP contribution in [0.1, 0.15) is 75.9 Å². The molecule has 0 saturated carbocycles. The minimum absolute atomic E-state index is 0.0171. The molecule has 2 aromatic carbocycles. The third-order valence-corrected chi connectivity index (χ3v) is 14.3. The highest BCUT2D eigenvalue weighted by Gasteiger charge is 2.78. The highest BCUT2D eigenvalue weighted by Crippen LogP contribution is 2.62. The number of methoxy groups -OCH3 is 3. The molecular formula is C32H42O10Si. The number of ketones is 2. The van der Waals surface area contributed by atoms with E-state index in [1.807, 2.05) is 13.0 Å². The summed E-state index contributed by atoms with van der Waals surface area (Å²) in [6.45, 7) is 14.5. The molecule has 11 heteroatoms. The average molecular weight is 615 g/mol. The number of hydrogen-bond donors (Lipinski definition) is 0. The van der Waals surface area contributed by atoms with E-state index in [0.717, 1.165) is 17.4 Å². The molecule has 2 saturated heterocycles. The van der Waals surface area contributed by atoms with E-state index in [-0.39, 0.29) is 24.8 Å². The van der Waals surface area contributed by atoms with Crippen molar-refractivity contribution in [1.82, 2.24) is 0 Å². The van der Waals surface area contributed by atoms with Gasteiger partial charge < -0.3 is 37.3 Å². The molecule has 1 aliphatic carbocycles. The first kappa shape index (κ1) is 30.3. The summed E-state index contributed by atoms with van der Waals surface area (Å²) >= 11 is 0. The van der Waals surface area contributed by atoms with Crippen molar-refractivity contribution in [3.05, 3.63) is 22.8 Å². The Hall–Kier alpha value is -2.70. The largest absolute Gasteiger partial charge is 0.510 e. The van der Waals surface area contributed by atoms with Crippen molar-refractivity contribution in [2.45, 2.75) is 95.5 Å². The highest BCUT2D eigenvalue weighted by atomic mass is 28.4. The summed E-state index contributed by atoms with van der Waals surface area (Å²) in [5, 5.41) is 0.474. The maximum Gasteiger partial charge on any atom is 0.471 e. The van der Waals surface area contributed by atoms with E-state index in [4.69, 9.17) is 37.3 Å². The molecular weight excluding hydrogens is 572 g/mol. The zero-order valence-electron chi connectivity index (χ0n) is 26.8. The van der Waals surface area contributed by atoms with Gasteiger partial charge in [0.05, 0.1) is 24.7 Å². The Morgan fingerprint density at radius 3 is 2.09 bits per heavy atom. The third-order valence-electron chi connectivity index (χ3n) is 9.33. The van der Waals surface area contributed by atoms with E-state index in [2.05, 4.69) is 41.5 Å². The normalized spacial score (nSPS) is 26.0. The van der Waals surface area contributed by atoms with Crippen LogP contribution in [0, 0.1) is 6.92 Å². The first-order valence-electron chi connectivity index (χ1n) is 14.8. The summed E-state index contributed by atoms with van der Waals surface area (Å²) in [5.41, 5.74) is 0.734. The molecule has 0 amide bonds. The van der Waals surface area contributed by atoms with Gasteiger partial charge in [0, 0.05) is 41.7 Å². The van der Waals surface area contributed by atoms with Gasteiger partial charge in [-0.1, -0.05) is 41.5 Å². The Labute approximate surface area is 253 Å². The lowest BCUT2D eigenvalue weighted by Gasteiger charge is -2.51. The Balaban J connectivity index is 1.71. The van der Waals surface area contributed by atoms with Crippen molar-refractivity contribution < 1.29 is 46.9 Å². The van der Waals surface area contributed by atoms with E-state index in [1.54, 1.807) is 7.11 Å². The molecule has 1 spiro atoms. The third kappa shape index (κ3) is 3.91. The summed E-state index contributed by atoms with van der Waals surface area (Å²) in [7, 11) is 1.22. The quantitative estimate of drug-likeness (QED) is 0.233. The van der Waals surface area contributed by atoms with Crippen LogP contribution >= 0.6 is 0 Å². The monoisotopic (exact) mass is 614 g/mol. The Kier molecular flexibility index (Phi) is 6.80. The van der Waals surface area contributed by atoms with Crippen molar-refractivity contribution in [1.29, 1.82) is 0 Å². The van der Waals surface area contributed by atoms with Gasteiger partial charge in [0.15, 0.2) is 23.1 Å². The standard InChI is InChI=1S/C32H42O10Si/c1-17-14-19-23-26(22-18(25(19)35-8)12-11-13-20(22)33)41-43(29(2,3)4,30(5,6)7)42-27(23)24(17)40-32(28(36-9)37-10)31(16-39-31)21(34)15-38-32/h14,28H,11-13,15-16H2,1-10H3/t31-,32?/m0/s1. The second-order valence-corrected chi connectivity index (χ2v) is 18.6. The van der Waals surface area contributed by atoms with E-state index in [0.29, 0.717) is 52.4 Å². The molecule has 2 fully saturated rings.